The number of esters is 1. The fraction of sp³-hybridized carbons (Fsp3) is 0.869. The van der Waals surface area contributed by atoms with Crippen molar-refractivity contribution in [3.05, 3.63) is 36.5 Å². The molecule has 1 amide bonds. The average molecular weight is 1020 g/mol. The van der Waals surface area contributed by atoms with E-state index in [0.717, 1.165) is 83.5 Å². The van der Waals surface area contributed by atoms with Crippen molar-refractivity contribution in [3.8, 4) is 0 Å². The predicted molar refractivity (Wildman–Crippen MR) is 297 cm³/mol. The highest BCUT2D eigenvalue weighted by Crippen LogP contribution is 2.26. The summed E-state index contributed by atoms with van der Waals surface area (Å²) in [5, 5.41) is 56.9. The van der Waals surface area contributed by atoms with Gasteiger partial charge < -0.3 is 45.1 Å². The van der Waals surface area contributed by atoms with Crippen LogP contribution in [0.2, 0.25) is 0 Å². The largest absolute Gasteiger partial charge is 0.454 e. The molecule has 1 aliphatic heterocycles. The minimum absolute atomic E-state index is 0.112. The number of aliphatic hydroxyl groups excluding tert-OH is 5. The van der Waals surface area contributed by atoms with Crippen LogP contribution in [0.15, 0.2) is 36.5 Å². The van der Waals surface area contributed by atoms with Crippen LogP contribution in [0.1, 0.15) is 278 Å². The quantitative estimate of drug-likeness (QED) is 0.0149. The van der Waals surface area contributed by atoms with Crippen molar-refractivity contribution in [2.24, 2.45) is 0 Å². The summed E-state index contributed by atoms with van der Waals surface area (Å²) in [5.41, 5.74) is 0. The lowest BCUT2D eigenvalue weighted by Gasteiger charge is -2.41. The van der Waals surface area contributed by atoms with E-state index in [9.17, 15) is 35.1 Å². The lowest BCUT2D eigenvalue weighted by atomic mass is 9.99. The Morgan fingerprint density at radius 1 is 0.542 bits per heavy atom. The number of hydrogen-bond acceptors (Lipinski definition) is 10. The van der Waals surface area contributed by atoms with Crippen molar-refractivity contribution >= 4 is 11.9 Å². The second-order valence-corrected chi connectivity index (χ2v) is 21.1. The van der Waals surface area contributed by atoms with Crippen molar-refractivity contribution in [2.75, 3.05) is 13.2 Å². The zero-order chi connectivity index (χ0) is 52.5. The Labute approximate surface area is 441 Å². The summed E-state index contributed by atoms with van der Waals surface area (Å²) in [6.45, 7) is 5.76. The molecule has 422 valence electrons. The van der Waals surface area contributed by atoms with Gasteiger partial charge >= 0.3 is 5.97 Å². The van der Waals surface area contributed by atoms with Gasteiger partial charge in [-0.3, -0.25) is 9.59 Å². The number of ether oxygens (including phenoxy) is 3. The van der Waals surface area contributed by atoms with E-state index in [1.54, 1.807) is 6.08 Å². The Hall–Kier alpha value is -2.12. The van der Waals surface area contributed by atoms with Gasteiger partial charge in [-0.05, 0) is 51.4 Å². The van der Waals surface area contributed by atoms with Gasteiger partial charge in [-0.25, -0.2) is 0 Å². The number of aliphatic hydroxyl groups is 5. The average Bonchev–Trinajstić information content (AvgIpc) is 3.38. The minimum Gasteiger partial charge on any atom is -0.454 e. The van der Waals surface area contributed by atoms with Crippen molar-refractivity contribution in [2.45, 2.75) is 327 Å². The summed E-state index contributed by atoms with van der Waals surface area (Å²) < 4.78 is 17.6. The van der Waals surface area contributed by atoms with Crippen LogP contribution in [0.3, 0.4) is 0 Å². The lowest BCUT2D eigenvalue weighted by Crippen LogP contribution is -2.61. The Morgan fingerprint density at radius 2 is 0.944 bits per heavy atom. The van der Waals surface area contributed by atoms with Gasteiger partial charge in [0.05, 0.1) is 25.4 Å². The van der Waals surface area contributed by atoms with Gasteiger partial charge in [-0.2, -0.15) is 0 Å². The van der Waals surface area contributed by atoms with Crippen molar-refractivity contribution in [1.82, 2.24) is 5.32 Å². The number of rotatable bonds is 51. The standard InChI is InChI=1S/C61H113NO10/c1-4-7-10-13-16-19-22-25-27-29-30-33-36-39-42-45-48-54(65)60(69)62-52(53(64)47-44-41-38-35-32-24-21-18-15-12-9-6-3)51-70-61-59(58(68)57(67)55(50-63)71-61)72-56(66)49-46-43-40-37-34-31-28-26-23-20-17-14-11-8-5-2/h17,20,23,26,44,47,52-55,57-59,61,63-65,67-68H,4-16,18-19,21-22,24-25,27-43,45-46,48-51H2,1-3H3,(H,62,69)/b20-17+,26-23+,47-44+. The van der Waals surface area contributed by atoms with Crippen LogP contribution < -0.4 is 5.32 Å². The van der Waals surface area contributed by atoms with E-state index in [0.29, 0.717) is 19.3 Å². The molecule has 0 aromatic heterocycles. The fourth-order valence-electron chi connectivity index (χ4n) is 9.47. The minimum atomic E-state index is -1.61. The smallest absolute Gasteiger partial charge is 0.306 e. The highest BCUT2D eigenvalue weighted by Gasteiger charge is 2.47. The van der Waals surface area contributed by atoms with E-state index in [-0.39, 0.29) is 13.0 Å². The van der Waals surface area contributed by atoms with Gasteiger partial charge in [0.2, 0.25) is 5.91 Å². The summed E-state index contributed by atoms with van der Waals surface area (Å²) in [6, 6.07) is -1.02. The van der Waals surface area contributed by atoms with Gasteiger partial charge in [-0.1, -0.05) is 256 Å². The number of carbonyl (C=O) groups excluding carboxylic acids is 2. The first-order valence-electron chi connectivity index (χ1n) is 30.3. The third-order valence-corrected chi connectivity index (χ3v) is 14.3. The van der Waals surface area contributed by atoms with Crippen LogP contribution in [0.5, 0.6) is 0 Å². The summed E-state index contributed by atoms with van der Waals surface area (Å²) in [6.07, 6.45) is 47.5. The molecule has 11 heteroatoms. The molecule has 1 aliphatic rings. The van der Waals surface area contributed by atoms with Crippen LogP contribution in [-0.2, 0) is 23.8 Å². The van der Waals surface area contributed by atoms with Crippen molar-refractivity contribution < 1.29 is 49.3 Å². The fourth-order valence-corrected chi connectivity index (χ4v) is 9.47. The molecule has 0 bridgehead atoms. The van der Waals surface area contributed by atoms with Crippen LogP contribution >= 0.6 is 0 Å². The highest BCUT2D eigenvalue weighted by atomic mass is 16.7. The second kappa shape index (κ2) is 49.7. The molecule has 72 heavy (non-hydrogen) atoms. The number of hydrogen-bond donors (Lipinski definition) is 6. The maximum Gasteiger partial charge on any atom is 0.306 e. The number of amides is 1. The molecule has 1 saturated heterocycles. The number of nitrogens with one attached hydrogen (secondary N) is 1. The van der Waals surface area contributed by atoms with Gasteiger partial charge in [-0.15, -0.1) is 0 Å². The number of unbranched alkanes of at least 4 members (excludes halogenated alkanes) is 34. The Kier molecular flexibility index (Phi) is 46.9. The molecule has 1 fully saturated rings. The van der Waals surface area contributed by atoms with E-state index < -0.39 is 67.4 Å². The molecule has 6 N–H and O–H groups in total. The summed E-state index contributed by atoms with van der Waals surface area (Å²) in [5.74, 6) is -1.20. The molecule has 0 aliphatic carbocycles. The monoisotopic (exact) mass is 1020 g/mol. The van der Waals surface area contributed by atoms with Gasteiger partial charge in [0.25, 0.3) is 0 Å². The van der Waals surface area contributed by atoms with E-state index in [2.05, 4.69) is 50.4 Å². The molecule has 8 unspecified atom stereocenters. The first kappa shape index (κ1) is 67.9. The maximum atomic E-state index is 13.4. The summed E-state index contributed by atoms with van der Waals surface area (Å²) in [4.78, 5) is 26.5. The zero-order valence-corrected chi connectivity index (χ0v) is 46.6. The van der Waals surface area contributed by atoms with E-state index >= 15 is 0 Å². The Morgan fingerprint density at radius 3 is 1.42 bits per heavy atom. The molecule has 0 spiro atoms. The van der Waals surface area contributed by atoms with E-state index in [4.69, 9.17) is 14.2 Å². The van der Waals surface area contributed by atoms with Gasteiger partial charge in [0.15, 0.2) is 12.4 Å². The summed E-state index contributed by atoms with van der Waals surface area (Å²) in [7, 11) is 0. The zero-order valence-electron chi connectivity index (χ0n) is 46.6. The molecule has 8 atom stereocenters. The normalized spacial score (nSPS) is 19.7. The first-order valence-corrected chi connectivity index (χ1v) is 30.3. The molecular formula is C61H113NO10. The van der Waals surface area contributed by atoms with Crippen LogP contribution in [0, 0.1) is 0 Å². The van der Waals surface area contributed by atoms with Gasteiger partial charge in [0.1, 0.15) is 24.4 Å². The molecule has 0 aromatic rings. The second-order valence-electron chi connectivity index (χ2n) is 21.1. The van der Waals surface area contributed by atoms with Crippen LogP contribution in [-0.4, -0.2) is 99.6 Å². The van der Waals surface area contributed by atoms with E-state index in [1.165, 1.54) is 148 Å². The van der Waals surface area contributed by atoms with Crippen molar-refractivity contribution in [3.63, 3.8) is 0 Å². The molecule has 0 aromatic carbocycles. The molecule has 11 nitrogen and oxygen atoms in total. The van der Waals surface area contributed by atoms with Crippen LogP contribution in [0.25, 0.3) is 0 Å². The number of allylic oxidation sites excluding steroid dienone is 5. The van der Waals surface area contributed by atoms with E-state index in [1.807, 2.05) is 6.08 Å². The summed E-state index contributed by atoms with van der Waals surface area (Å²) >= 11 is 0. The Balaban J connectivity index is 2.70. The predicted octanol–water partition coefficient (Wildman–Crippen LogP) is 13.9. The number of carbonyl (C=O) groups is 2. The maximum absolute atomic E-state index is 13.4. The molecule has 0 saturated carbocycles. The third-order valence-electron chi connectivity index (χ3n) is 14.3. The van der Waals surface area contributed by atoms with Crippen molar-refractivity contribution in [1.29, 1.82) is 0 Å². The molecule has 1 rings (SSSR count). The topological polar surface area (TPSA) is 175 Å². The molecule has 1 heterocycles. The molecule has 0 radical (unpaired) electrons. The van der Waals surface area contributed by atoms with Gasteiger partial charge in [0, 0.05) is 6.42 Å². The first-order chi connectivity index (χ1) is 35.2. The third kappa shape index (κ3) is 37.6. The SMILES string of the molecule is CCCCC/C=C/C=C/CCCCCCCCC(=O)OC1C(OCC(NC(=O)C(O)CCCCCCCCCCCCCCCCCC)C(O)/C=C/CCCCCCCCCCCC)OC(CO)C(O)C1O. The highest BCUT2D eigenvalue weighted by molar-refractivity contribution is 5.80. The Bertz CT molecular complexity index is 1310. The molecular weight excluding hydrogens is 907 g/mol. The lowest BCUT2D eigenvalue weighted by molar-refractivity contribution is -0.305. The van der Waals surface area contributed by atoms with Crippen LogP contribution in [0.4, 0.5) is 0 Å².